The molecule has 1 fully saturated rings. The third kappa shape index (κ3) is 3.73. The van der Waals surface area contributed by atoms with Crippen molar-refractivity contribution in [3.8, 4) is 0 Å². The number of benzene rings is 2. The molecule has 142 valence electrons. The molecule has 1 aliphatic rings. The molecular weight excluding hydrogens is 386 g/mol. The van der Waals surface area contributed by atoms with Crippen LogP contribution >= 0.6 is 11.6 Å². The molecule has 0 radical (unpaired) electrons. The summed E-state index contributed by atoms with van der Waals surface area (Å²) < 4.78 is 33.1. The monoisotopic (exact) mass is 405 g/mol. The van der Waals surface area contributed by atoms with Gasteiger partial charge in [0.15, 0.2) is 5.58 Å². The molecule has 3 aromatic rings. The Kier molecular flexibility index (Phi) is 4.94. The average Bonchev–Trinajstić information content (AvgIpc) is 3.03. The number of aryl methyl sites for hydroxylation is 1. The van der Waals surface area contributed by atoms with Crippen molar-refractivity contribution in [3.05, 3.63) is 58.9 Å². The zero-order chi connectivity index (χ0) is 19.0. The van der Waals surface area contributed by atoms with Gasteiger partial charge in [0.05, 0.1) is 11.4 Å². The lowest BCUT2D eigenvalue weighted by atomic mass is 10.2. The van der Waals surface area contributed by atoms with Crippen LogP contribution in [0.25, 0.3) is 11.1 Å². The van der Waals surface area contributed by atoms with Gasteiger partial charge in [0.25, 0.3) is 0 Å². The van der Waals surface area contributed by atoms with Gasteiger partial charge in [0.1, 0.15) is 5.52 Å². The molecule has 2 aromatic carbocycles. The Hall–Kier alpha value is -1.93. The number of piperazine rings is 1. The van der Waals surface area contributed by atoms with E-state index in [9.17, 15) is 8.42 Å². The zero-order valence-corrected chi connectivity index (χ0v) is 16.5. The van der Waals surface area contributed by atoms with Gasteiger partial charge in [-0.1, -0.05) is 29.8 Å². The molecule has 1 aliphatic heterocycles. The molecule has 0 unspecified atom stereocenters. The number of nitrogens with zero attached hydrogens (tertiary/aromatic N) is 3. The van der Waals surface area contributed by atoms with Crippen LogP contribution in [0.3, 0.4) is 0 Å². The maximum Gasteiger partial charge on any atom is 0.243 e. The summed E-state index contributed by atoms with van der Waals surface area (Å²) in [4.78, 5) is 7.01. The van der Waals surface area contributed by atoms with Gasteiger partial charge < -0.3 is 4.42 Å². The molecule has 1 aromatic heterocycles. The van der Waals surface area contributed by atoms with Gasteiger partial charge in [0, 0.05) is 37.3 Å². The van der Waals surface area contributed by atoms with Crippen molar-refractivity contribution in [2.24, 2.45) is 0 Å². The van der Waals surface area contributed by atoms with E-state index in [1.807, 2.05) is 25.1 Å². The van der Waals surface area contributed by atoms with Gasteiger partial charge in [-0.3, -0.25) is 4.90 Å². The van der Waals surface area contributed by atoms with Crippen molar-refractivity contribution >= 4 is 32.7 Å². The predicted molar refractivity (Wildman–Crippen MR) is 104 cm³/mol. The highest BCUT2D eigenvalue weighted by molar-refractivity contribution is 7.89. The van der Waals surface area contributed by atoms with E-state index in [1.54, 1.807) is 28.6 Å². The SMILES string of the molecule is Cc1ccccc1S(=O)(=O)N1CCN(Cc2nc3ccc(Cl)cc3o2)CC1. The van der Waals surface area contributed by atoms with Gasteiger partial charge in [-0.2, -0.15) is 4.31 Å². The normalized spacial score (nSPS) is 16.8. The van der Waals surface area contributed by atoms with Crippen LogP contribution in [0.4, 0.5) is 0 Å². The fourth-order valence-corrected chi connectivity index (χ4v) is 5.13. The summed E-state index contributed by atoms with van der Waals surface area (Å²) >= 11 is 5.98. The van der Waals surface area contributed by atoms with E-state index in [0.29, 0.717) is 54.1 Å². The number of sulfonamides is 1. The molecule has 0 spiro atoms. The van der Waals surface area contributed by atoms with Crippen molar-refractivity contribution in [1.82, 2.24) is 14.2 Å². The molecule has 6 nitrogen and oxygen atoms in total. The van der Waals surface area contributed by atoms with Crippen molar-refractivity contribution in [3.63, 3.8) is 0 Å². The second-order valence-corrected chi connectivity index (χ2v) is 9.01. The molecule has 2 heterocycles. The summed E-state index contributed by atoms with van der Waals surface area (Å²) in [6.07, 6.45) is 0. The molecule has 0 bridgehead atoms. The Morgan fingerprint density at radius 3 is 2.59 bits per heavy atom. The third-order valence-corrected chi connectivity index (χ3v) is 7.09. The first-order valence-electron chi connectivity index (χ1n) is 8.76. The highest BCUT2D eigenvalue weighted by atomic mass is 35.5. The largest absolute Gasteiger partial charge is 0.439 e. The van der Waals surface area contributed by atoms with Gasteiger partial charge in [-0.15, -0.1) is 0 Å². The van der Waals surface area contributed by atoms with Crippen LogP contribution in [0, 0.1) is 6.92 Å². The van der Waals surface area contributed by atoms with Crippen LogP contribution in [0.2, 0.25) is 5.02 Å². The summed E-state index contributed by atoms with van der Waals surface area (Å²) in [5, 5.41) is 0.611. The standard InChI is InChI=1S/C19H20ClN3O3S/c1-14-4-2-3-5-18(14)27(24,25)23-10-8-22(9-11-23)13-19-21-16-7-6-15(20)12-17(16)26-19/h2-7,12H,8-11,13H2,1H3. The maximum absolute atomic E-state index is 12.9. The van der Waals surface area contributed by atoms with Gasteiger partial charge in [-0.25, -0.2) is 13.4 Å². The summed E-state index contributed by atoms with van der Waals surface area (Å²) in [6, 6.07) is 12.5. The Balaban J connectivity index is 1.43. The number of hydrogen-bond donors (Lipinski definition) is 0. The summed E-state index contributed by atoms with van der Waals surface area (Å²) in [5.41, 5.74) is 2.21. The molecule has 0 atom stereocenters. The van der Waals surface area contributed by atoms with Gasteiger partial charge in [0.2, 0.25) is 15.9 Å². The minimum atomic E-state index is -3.46. The maximum atomic E-state index is 12.9. The molecule has 0 N–H and O–H groups in total. The predicted octanol–water partition coefficient (Wildman–Crippen LogP) is 3.30. The van der Waals surface area contributed by atoms with Crippen molar-refractivity contribution < 1.29 is 12.8 Å². The van der Waals surface area contributed by atoms with Gasteiger partial charge >= 0.3 is 0 Å². The minimum absolute atomic E-state index is 0.384. The summed E-state index contributed by atoms with van der Waals surface area (Å²) in [6.45, 7) is 4.52. The van der Waals surface area contributed by atoms with E-state index in [1.165, 1.54) is 0 Å². The topological polar surface area (TPSA) is 66.7 Å². The Labute approximate surface area is 163 Å². The van der Waals surface area contributed by atoms with Crippen molar-refractivity contribution in [2.75, 3.05) is 26.2 Å². The lowest BCUT2D eigenvalue weighted by Crippen LogP contribution is -2.48. The molecule has 27 heavy (non-hydrogen) atoms. The smallest absolute Gasteiger partial charge is 0.243 e. The van der Waals surface area contributed by atoms with Crippen molar-refractivity contribution in [2.45, 2.75) is 18.4 Å². The van der Waals surface area contributed by atoms with E-state index in [-0.39, 0.29) is 0 Å². The van der Waals surface area contributed by atoms with Crippen LogP contribution in [-0.4, -0.2) is 48.8 Å². The van der Waals surface area contributed by atoms with Crippen molar-refractivity contribution in [1.29, 1.82) is 0 Å². The number of oxazole rings is 1. The number of fused-ring (bicyclic) bond motifs is 1. The third-order valence-electron chi connectivity index (χ3n) is 4.80. The molecular formula is C19H20ClN3O3S. The van der Waals surface area contributed by atoms with E-state index < -0.39 is 10.0 Å². The highest BCUT2D eigenvalue weighted by Crippen LogP contribution is 2.23. The van der Waals surface area contributed by atoms with E-state index in [0.717, 1.165) is 11.1 Å². The summed E-state index contributed by atoms with van der Waals surface area (Å²) in [7, 11) is -3.46. The van der Waals surface area contributed by atoms with Crippen LogP contribution in [-0.2, 0) is 16.6 Å². The molecule has 0 saturated carbocycles. The van der Waals surface area contributed by atoms with Crippen LogP contribution in [0.5, 0.6) is 0 Å². The summed E-state index contributed by atoms with van der Waals surface area (Å²) in [5.74, 6) is 0.613. The first kappa shape index (κ1) is 18.4. The highest BCUT2D eigenvalue weighted by Gasteiger charge is 2.29. The number of halogens is 1. The zero-order valence-electron chi connectivity index (χ0n) is 14.9. The van der Waals surface area contributed by atoms with Crippen LogP contribution < -0.4 is 0 Å². The number of rotatable bonds is 4. The first-order chi connectivity index (χ1) is 12.9. The van der Waals surface area contributed by atoms with Gasteiger partial charge in [-0.05, 0) is 30.7 Å². The molecule has 8 heteroatoms. The fraction of sp³-hybridized carbons (Fsp3) is 0.316. The second-order valence-electron chi connectivity index (χ2n) is 6.67. The Bertz CT molecular complexity index is 1070. The second kappa shape index (κ2) is 7.24. The van der Waals surface area contributed by atoms with E-state index in [2.05, 4.69) is 9.88 Å². The molecule has 0 amide bonds. The lowest BCUT2D eigenvalue weighted by Gasteiger charge is -2.33. The van der Waals surface area contributed by atoms with Crippen LogP contribution in [0.1, 0.15) is 11.5 Å². The Morgan fingerprint density at radius 2 is 1.85 bits per heavy atom. The molecule has 4 rings (SSSR count). The minimum Gasteiger partial charge on any atom is -0.439 e. The lowest BCUT2D eigenvalue weighted by molar-refractivity contribution is 0.169. The average molecular weight is 406 g/mol. The molecule has 1 saturated heterocycles. The van der Waals surface area contributed by atoms with E-state index in [4.69, 9.17) is 16.0 Å². The molecule has 0 aliphatic carbocycles. The van der Waals surface area contributed by atoms with Crippen LogP contribution in [0.15, 0.2) is 51.8 Å². The quantitative estimate of drug-likeness (QED) is 0.666. The number of aromatic nitrogens is 1. The number of hydrogen-bond acceptors (Lipinski definition) is 5. The van der Waals surface area contributed by atoms with E-state index >= 15 is 0 Å². The fourth-order valence-electron chi connectivity index (χ4n) is 3.32. The first-order valence-corrected chi connectivity index (χ1v) is 10.6. The Morgan fingerprint density at radius 1 is 1.11 bits per heavy atom.